The van der Waals surface area contributed by atoms with Gasteiger partial charge in [-0.2, -0.15) is 0 Å². The zero-order valence-electron chi connectivity index (χ0n) is 13.4. The minimum atomic E-state index is -3.03. The number of nitrogens with zero attached hydrogens (tertiary/aromatic N) is 3. The molecule has 0 spiro atoms. The van der Waals surface area contributed by atoms with Gasteiger partial charge < -0.3 is 9.30 Å². The predicted octanol–water partition coefficient (Wildman–Crippen LogP) is 1.55. The normalized spacial score (nSPS) is 20.0. The van der Waals surface area contributed by atoms with Gasteiger partial charge in [0.05, 0.1) is 17.0 Å². The molecule has 1 amide bonds. The van der Waals surface area contributed by atoms with E-state index in [2.05, 4.69) is 4.98 Å². The van der Waals surface area contributed by atoms with Crippen LogP contribution in [0.15, 0.2) is 24.4 Å². The molecule has 6 nitrogen and oxygen atoms in total. The van der Waals surface area contributed by atoms with Gasteiger partial charge in [-0.05, 0) is 25.5 Å². The van der Waals surface area contributed by atoms with Crippen LogP contribution < -0.4 is 0 Å². The molecular formula is C16H21N3O3S. The van der Waals surface area contributed by atoms with Crippen LogP contribution in [0.5, 0.6) is 0 Å². The van der Waals surface area contributed by atoms with Crippen molar-refractivity contribution in [1.29, 1.82) is 0 Å². The fourth-order valence-corrected chi connectivity index (χ4v) is 4.96. The summed E-state index contributed by atoms with van der Waals surface area (Å²) in [5.74, 6) is 0.863. The third-order valence-electron chi connectivity index (χ3n) is 4.39. The number of fused-ring (bicyclic) bond motifs is 1. The lowest BCUT2D eigenvalue weighted by molar-refractivity contribution is 0.0705. The number of rotatable bonds is 4. The van der Waals surface area contributed by atoms with E-state index in [9.17, 15) is 13.2 Å². The summed E-state index contributed by atoms with van der Waals surface area (Å²) in [6.07, 6.45) is 3.13. The summed E-state index contributed by atoms with van der Waals surface area (Å²) in [5, 5.41) is 0. The molecule has 0 aromatic carbocycles. The Kier molecular flexibility index (Phi) is 4.14. The molecule has 1 unspecified atom stereocenters. The first-order valence-electron chi connectivity index (χ1n) is 7.94. The number of carbonyl (C=O) groups is 1. The highest BCUT2D eigenvalue weighted by Crippen LogP contribution is 2.22. The molecule has 0 bridgehead atoms. The van der Waals surface area contributed by atoms with Crippen LogP contribution >= 0.6 is 0 Å². The molecule has 7 heteroatoms. The topological polar surface area (TPSA) is 71.8 Å². The van der Waals surface area contributed by atoms with Gasteiger partial charge >= 0.3 is 0 Å². The van der Waals surface area contributed by atoms with Gasteiger partial charge in [0.2, 0.25) is 0 Å². The highest BCUT2D eigenvalue weighted by atomic mass is 32.2. The molecule has 3 rings (SSSR count). The average molecular weight is 335 g/mol. The number of aromatic nitrogens is 2. The quantitative estimate of drug-likeness (QED) is 0.850. The second kappa shape index (κ2) is 5.96. The first-order valence-corrected chi connectivity index (χ1v) is 9.76. The Bertz CT molecular complexity index is 841. The molecule has 1 fully saturated rings. The Labute approximate surface area is 136 Å². The van der Waals surface area contributed by atoms with Crippen molar-refractivity contribution in [3.63, 3.8) is 0 Å². The molecule has 0 aliphatic carbocycles. The van der Waals surface area contributed by atoms with Crippen molar-refractivity contribution in [1.82, 2.24) is 14.3 Å². The third kappa shape index (κ3) is 2.85. The van der Waals surface area contributed by atoms with E-state index in [1.54, 1.807) is 4.90 Å². The summed E-state index contributed by atoms with van der Waals surface area (Å²) in [7, 11) is -3.03. The van der Waals surface area contributed by atoms with E-state index in [1.165, 1.54) is 0 Å². The molecule has 2 aromatic rings. The van der Waals surface area contributed by atoms with E-state index >= 15 is 0 Å². The average Bonchev–Trinajstić information content (AvgIpc) is 3.08. The number of pyridine rings is 1. The van der Waals surface area contributed by atoms with Crippen LogP contribution in [0.4, 0.5) is 0 Å². The van der Waals surface area contributed by atoms with Crippen molar-refractivity contribution in [3.8, 4) is 0 Å². The first-order chi connectivity index (χ1) is 11.0. The number of aryl methyl sites for hydroxylation is 1. The van der Waals surface area contributed by atoms with Crippen LogP contribution in [-0.4, -0.2) is 52.7 Å². The van der Waals surface area contributed by atoms with Crippen molar-refractivity contribution in [3.05, 3.63) is 35.9 Å². The van der Waals surface area contributed by atoms with E-state index in [1.807, 2.05) is 42.6 Å². The second-order valence-electron chi connectivity index (χ2n) is 5.83. The van der Waals surface area contributed by atoms with Crippen molar-refractivity contribution in [2.24, 2.45) is 0 Å². The molecule has 124 valence electrons. The van der Waals surface area contributed by atoms with Crippen molar-refractivity contribution in [2.75, 3.05) is 18.1 Å². The van der Waals surface area contributed by atoms with Crippen LogP contribution in [0.2, 0.25) is 0 Å². The summed E-state index contributed by atoms with van der Waals surface area (Å²) in [5.41, 5.74) is 1.18. The van der Waals surface area contributed by atoms with E-state index in [0.29, 0.717) is 18.7 Å². The van der Waals surface area contributed by atoms with Crippen LogP contribution in [0.25, 0.3) is 5.52 Å². The van der Waals surface area contributed by atoms with Crippen LogP contribution in [-0.2, 0) is 16.3 Å². The minimum absolute atomic E-state index is 0.0546. The van der Waals surface area contributed by atoms with E-state index in [4.69, 9.17) is 0 Å². The molecule has 1 atom stereocenters. The maximum atomic E-state index is 13.0. The zero-order valence-corrected chi connectivity index (χ0v) is 14.2. The monoisotopic (exact) mass is 335 g/mol. The summed E-state index contributed by atoms with van der Waals surface area (Å²) in [6, 6.07) is 5.41. The predicted molar refractivity (Wildman–Crippen MR) is 88.3 cm³/mol. The van der Waals surface area contributed by atoms with Crippen LogP contribution in [0.3, 0.4) is 0 Å². The largest absolute Gasteiger partial charge is 0.333 e. The lowest BCUT2D eigenvalue weighted by Crippen LogP contribution is -2.41. The fraction of sp³-hybridized carbons (Fsp3) is 0.500. The van der Waals surface area contributed by atoms with Gasteiger partial charge in [0, 0.05) is 25.2 Å². The number of imidazole rings is 1. The molecule has 0 saturated carbocycles. The highest BCUT2D eigenvalue weighted by molar-refractivity contribution is 7.91. The van der Waals surface area contributed by atoms with Crippen molar-refractivity contribution >= 4 is 21.3 Å². The summed E-state index contributed by atoms with van der Waals surface area (Å²) in [6.45, 7) is 4.35. The van der Waals surface area contributed by atoms with Gasteiger partial charge in [-0.15, -0.1) is 0 Å². The minimum Gasteiger partial charge on any atom is -0.333 e. The van der Waals surface area contributed by atoms with Gasteiger partial charge in [-0.25, -0.2) is 13.4 Å². The van der Waals surface area contributed by atoms with Crippen LogP contribution in [0, 0.1) is 0 Å². The maximum Gasteiger partial charge on any atom is 0.274 e. The number of sulfone groups is 1. The highest BCUT2D eigenvalue weighted by Gasteiger charge is 2.35. The second-order valence-corrected chi connectivity index (χ2v) is 8.06. The zero-order chi connectivity index (χ0) is 16.6. The molecule has 1 saturated heterocycles. The molecule has 1 aliphatic heterocycles. The van der Waals surface area contributed by atoms with Gasteiger partial charge in [0.1, 0.15) is 5.82 Å². The number of carbonyl (C=O) groups excluding carboxylic acids is 1. The van der Waals surface area contributed by atoms with E-state index in [0.717, 1.165) is 17.8 Å². The maximum absolute atomic E-state index is 13.0. The SMILES string of the molecule is CCc1nc(C(=O)N(CC)C2CCS(=O)(=O)C2)c2ccccn12. The molecule has 1 aliphatic rings. The van der Waals surface area contributed by atoms with Gasteiger partial charge in [0.25, 0.3) is 5.91 Å². The lowest BCUT2D eigenvalue weighted by Gasteiger charge is -2.26. The summed E-state index contributed by atoms with van der Waals surface area (Å²) >= 11 is 0. The Morgan fingerprint density at radius 1 is 1.39 bits per heavy atom. The van der Waals surface area contributed by atoms with Gasteiger partial charge in [-0.3, -0.25) is 4.79 Å². The van der Waals surface area contributed by atoms with Crippen LogP contribution in [0.1, 0.15) is 36.6 Å². The molecule has 2 aromatic heterocycles. The number of hydrogen-bond acceptors (Lipinski definition) is 4. The Balaban J connectivity index is 1.99. The van der Waals surface area contributed by atoms with Crippen molar-refractivity contribution in [2.45, 2.75) is 32.7 Å². The summed E-state index contributed by atoms with van der Waals surface area (Å²) in [4.78, 5) is 19.1. The Morgan fingerprint density at radius 3 is 2.78 bits per heavy atom. The lowest BCUT2D eigenvalue weighted by atomic mass is 10.2. The third-order valence-corrected chi connectivity index (χ3v) is 6.14. The summed E-state index contributed by atoms with van der Waals surface area (Å²) < 4.78 is 25.4. The molecular weight excluding hydrogens is 314 g/mol. The standard InChI is InChI=1S/C16H21N3O3S/c1-3-14-17-15(13-7-5-6-9-19(13)14)16(20)18(4-2)12-8-10-23(21,22)11-12/h5-7,9,12H,3-4,8,10-11H2,1-2H3. The molecule has 0 radical (unpaired) electrons. The Morgan fingerprint density at radius 2 is 2.17 bits per heavy atom. The number of amides is 1. The fourth-order valence-electron chi connectivity index (χ4n) is 3.23. The molecule has 0 N–H and O–H groups in total. The van der Waals surface area contributed by atoms with E-state index in [-0.39, 0.29) is 23.5 Å². The van der Waals surface area contributed by atoms with Gasteiger partial charge in [0.15, 0.2) is 15.5 Å². The Hall–Kier alpha value is -1.89. The van der Waals surface area contributed by atoms with Crippen molar-refractivity contribution < 1.29 is 13.2 Å². The molecule has 3 heterocycles. The first kappa shape index (κ1) is 16.0. The van der Waals surface area contributed by atoms with E-state index < -0.39 is 9.84 Å². The smallest absolute Gasteiger partial charge is 0.274 e. The number of hydrogen-bond donors (Lipinski definition) is 0. The van der Waals surface area contributed by atoms with Gasteiger partial charge in [-0.1, -0.05) is 13.0 Å². The molecule has 23 heavy (non-hydrogen) atoms.